The molecule has 2 aromatic rings. The number of amides is 3. The molecule has 8 heteroatoms. The Labute approximate surface area is 253 Å². The van der Waals surface area contributed by atoms with Crippen LogP contribution in [0.1, 0.15) is 38.3 Å². The number of nitrogens with zero attached hydrogens (tertiary/aromatic N) is 3. The second kappa shape index (κ2) is 11.4. The number of likely N-dealkylation sites (tertiary alicyclic amines) is 1. The summed E-state index contributed by atoms with van der Waals surface area (Å²) < 4.78 is 7.08. The molecule has 0 aromatic heterocycles. The molecule has 3 amide bonds. The average molecular weight is 584 g/mol. The van der Waals surface area contributed by atoms with Gasteiger partial charge in [-0.15, -0.1) is 0 Å². The Morgan fingerprint density at radius 3 is 2.14 bits per heavy atom. The van der Waals surface area contributed by atoms with E-state index in [0.717, 1.165) is 11.1 Å². The maximum Gasteiger partial charge on any atom is 0.249 e. The molecule has 0 radical (unpaired) electrons. The third kappa shape index (κ3) is 4.71. The summed E-state index contributed by atoms with van der Waals surface area (Å²) in [4.78, 5) is 49.1. The van der Waals surface area contributed by atoms with Gasteiger partial charge in [0.1, 0.15) is 11.6 Å². The summed E-state index contributed by atoms with van der Waals surface area (Å²) in [5.41, 5.74) is -0.444. The number of aliphatic hydroxyl groups is 1. The van der Waals surface area contributed by atoms with Crippen LogP contribution in [0.3, 0.4) is 0 Å². The fourth-order valence-electron chi connectivity index (χ4n) is 7.71. The first kappa shape index (κ1) is 29.3. The van der Waals surface area contributed by atoms with Crippen LogP contribution < -0.4 is 0 Å². The zero-order chi connectivity index (χ0) is 30.4. The number of hydrogen-bond acceptors (Lipinski definition) is 5. The van der Waals surface area contributed by atoms with Crippen molar-refractivity contribution in [2.45, 2.75) is 69.5 Å². The van der Waals surface area contributed by atoms with Crippen LogP contribution in [0.2, 0.25) is 0 Å². The van der Waals surface area contributed by atoms with Gasteiger partial charge in [-0.2, -0.15) is 0 Å². The zero-order valence-electron chi connectivity index (χ0n) is 25.1. The van der Waals surface area contributed by atoms with E-state index in [1.807, 2.05) is 106 Å². The Bertz CT molecular complexity index is 1430. The van der Waals surface area contributed by atoms with E-state index in [1.165, 1.54) is 0 Å². The predicted octanol–water partition coefficient (Wildman–Crippen LogP) is 3.36. The maximum absolute atomic E-state index is 14.8. The molecule has 4 heterocycles. The van der Waals surface area contributed by atoms with Gasteiger partial charge in [0.05, 0.1) is 30.1 Å². The molecule has 4 aliphatic heterocycles. The van der Waals surface area contributed by atoms with Crippen LogP contribution in [0.15, 0.2) is 85.0 Å². The molecule has 43 heavy (non-hydrogen) atoms. The largest absolute Gasteiger partial charge is 0.394 e. The summed E-state index contributed by atoms with van der Waals surface area (Å²) in [5, 5.41) is 10.7. The van der Waals surface area contributed by atoms with E-state index >= 15 is 0 Å². The highest BCUT2D eigenvalue weighted by Crippen LogP contribution is 2.59. The van der Waals surface area contributed by atoms with Crippen molar-refractivity contribution in [3.63, 3.8) is 0 Å². The van der Waals surface area contributed by atoms with Gasteiger partial charge in [-0.1, -0.05) is 91.9 Å². The number of benzene rings is 2. The zero-order valence-corrected chi connectivity index (χ0v) is 25.1. The molecule has 1 unspecified atom stereocenters. The summed E-state index contributed by atoms with van der Waals surface area (Å²) in [6.45, 7) is 6.75. The Morgan fingerprint density at radius 2 is 1.51 bits per heavy atom. The van der Waals surface area contributed by atoms with Crippen LogP contribution in [0.5, 0.6) is 0 Å². The van der Waals surface area contributed by atoms with Gasteiger partial charge >= 0.3 is 0 Å². The van der Waals surface area contributed by atoms with Gasteiger partial charge in [0.25, 0.3) is 0 Å². The summed E-state index contributed by atoms with van der Waals surface area (Å²) >= 11 is 0. The Morgan fingerprint density at radius 1 is 0.860 bits per heavy atom. The van der Waals surface area contributed by atoms with Crippen molar-refractivity contribution in [2.24, 2.45) is 11.8 Å². The molecule has 226 valence electrons. The monoisotopic (exact) mass is 583 g/mol. The molecule has 0 saturated carbocycles. The second-order valence-corrected chi connectivity index (χ2v) is 12.5. The molecule has 2 fully saturated rings. The van der Waals surface area contributed by atoms with Crippen molar-refractivity contribution in [1.29, 1.82) is 0 Å². The topological polar surface area (TPSA) is 90.4 Å². The van der Waals surface area contributed by atoms with E-state index in [2.05, 4.69) is 0 Å². The molecule has 0 bridgehead atoms. The Hall–Kier alpha value is -3.75. The van der Waals surface area contributed by atoms with Crippen LogP contribution in [0.25, 0.3) is 0 Å². The van der Waals surface area contributed by atoms with E-state index in [-0.39, 0.29) is 30.4 Å². The normalized spacial score (nSPS) is 30.8. The Balaban J connectivity index is 1.47. The minimum atomic E-state index is -1.35. The van der Waals surface area contributed by atoms with Crippen molar-refractivity contribution in [3.05, 3.63) is 96.1 Å². The van der Waals surface area contributed by atoms with E-state index < -0.39 is 35.1 Å². The number of carbonyl (C=O) groups is 3. The third-order valence-electron chi connectivity index (χ3n) is 9.75. The van der Waals surface area contributed by atoms with Crippen LogP contribution in [0.4, 0.5) is 0 Å². The standard InChI is InChI=1S/C35H41N3O5/c1-4-34-17-11-19-36(22-26-15-9-6-10-16-26)31(40)28(34)29-32(41)38(27(23-39)21-25-13-7-5-8-14-25)30-33(42)37(24(2)3)20-12-18-35(29,30)43-34/h5-18,24,27-30,39H,4,19-23H2,1-3H3/t27-,28-,29+,30?,34+,35+/m1/s1. The molecule has 2 saturated heterocycles. The maximum atomic E-state index is 14.8. The number of hydrogen-bond donors (Lipinski definition) is 1. The number of ether oxygens (including phenoxy) is 1. The summed E-state index contributed by atoms with van der Waals surface area (Å²) in [6.07, 6.45) is 8.57. The minimum Gasteiger partial charge on any atom is -0.394 e. The van der Waals surface area contributed by atoms with Crippen LogP contribution >= 0.6 is 0 Å². The van der Waals surface area contributed by atoms with Crippen LogP contribution in [-0.2, 0) is 32.1 Å². The van der Waals surface area contributed by atoms with Crippen molar-refractivity contribution < 1.29 is 24.2 Å². The molecule has 6 rings (SSSR count). The van der Waals surface area contributed by atoms with Gasteiger partial charge in [0.15, 0.2) is 0 Å². The molecule has 4 aliphatic rings. The molecule has 1 spiro atoms. The summed E-state index contributed by atoms with van der Waals surface area (Å²) in [6, 6.07) is 17.7. The lowest BCUT2D eigenvalue weighted by Gasteiger charge is -2.41. The Kier molecular flexibility index (Phi) is 7.77. The summed E-state index contributed by atoms with van der Waals surface area (Å²) in [5.74, 6) is -2.42. The lowest BCUT2D eigenvalue weighted by Crippen LogP contribution is -2.60. The van der Waals surface area contributed by atoms with Crippen molar-refractivity contribution >= 4 is 17.7 Å². The highest BCUT2D eigenvalue weighted by molar-refractivity contribution is 6.00. The fraction of sp³-hybridized carbons (Fsp3) is 0.457. The highest BCUT2D eigenvalue weighted by Gasteiger charge is 2.76. The third-order valence-corrected chi connectivity index (χ3v) is 9.75. The van der Waals surface area contributed by atoms with E-state index in [0.29, 0.717) is 32.5 Å². The fourth-order valence-corrected chi connectivity index (χ4v) is 7.71. The molecule has 6 atom stereocenters. The molecule has 0 aliphatic carbocycles. The van der Waals surface area contributed by atoms with E-state index in [4.69, 9.17) is 4.74 Å². The van der Waals surface area contributed by atoms with Gasteiger partial charge < -0.3 is 24.5 Å². The van der Waals surface area contributed by atoms with Crippen molar-refractivity contribution in [2.75, 3.05) is 19.7 Å². The summed E-state index contributed by atoms with van der Waals surface area (Å²) in [7, 11) is 0. The van der Waals surface area contributed by atoms with E-state index in [1.54, 1.807) is 14.7 Å². The first-order valence-electron chi connectivity index (χ1n) is 15.4. The first-order valence-corrected chi connectivity index (χ1v) is 15.4. The minimum absolute atomic E-state index is 0.111. The van der Waals surface area contributed by atoms with Crippen LogP contribution in [0, 0.1) is 11.8 Å². The highest BCUT2D eigenvalue weighted by atomic mass is 16.5. The lowest BCUT2D eigenvalue weighted by molar-refractivity contribution is -0.158. The number of fused-ring (bicyclic) bond motifs is 2. The van der Waals surface area contributed by atoms with Crippen molar-refractivity contribution in [1.82, 2.24) is 14.7 Å². The average Bonchev–Trinajstić information content (AvgIpc) is 3.31. The molecular formula is C35H41N3O5. The predicted molar refractivity (Wildman–Crippen MR) is 162 cm³/mol. The van der Waals surface area contributed by atoms with E-state index in [9.17, 15) is 19.5 Å². The quantitative estimate of drug-likeness (QED) is 0.482. The van der Waals surface area contributed by atoms with Gasteiger partial charge in [0, 0.05) is 25.7 Å². The molecule has 8 nitrogen and oxygen atoms in total. The number of carbonyl (C=O) groups excluding carboxylic acids is 3. The number of rotatable bonds is 8. The number of aliphatic hydroxyl groups excluding tert-OH is 1. The van der Waals surface area contributed by atoms with Gasteiger partial charge in [0.2, 0.25) is 17.7 Å². The SMILES string of the molecule is CC[C@]12C=CCN(Cc3ccccc3)C(=O)[C@H]1[C@H]1C(=O)N([C@@H](CO)Cc3ccccc3)C3C(=O)N(C(C)C)CC=C[C@@]31O2. The lowest BCUT2D eigenvalue weighted by atomic mass is 9.73. The van der Waals surface area contributed by atoms with Crippen LogP contribution in [-0.4, -0.2) is 86.6 Å². The molecular weight excluding hydrogens is 542 g/mol. The van der Waals surface area contributed by atoms with Gasteiger partial charge in [-0.3, -0.25) is 14.4 Å². The van der Waals surface area contributed by atoms with Gasteiger partial charge in [-0.25, -0.2) is 0 Å². The first-order chi connectivity index (χ1) is 20.8. The second-order valence-electron chi connectivity index (χ2n) is 12.5. The smallest absolute Gasteiger partial charge is 0.249 e. The van der Waals surface area contributed by atoms with Crippen molar-refractivity contribution in [3.8, 4) is 0 Å². The molecule has 1 N–H and O–H groups in total. The molecule has 2 aromatic carbocycles. The van der Waals surface area contributed by atoms with Gasteiger partial charge in [-0.05, 0) is 37.8 Å².